The van der Waals surface area contributed by atoms with Crippen molar-refractivity contribution in [2.24, 2.45) is 5.92 Å². The number of hydrogen-bond acceptors (Lipinski definition) is 7. The molecule has 1 fully saturated rings. The fourth-order valence-electron chi connectivity index (χ4n) is 5.43. The van der Waals surface area contributed by atoms with Gasteiger partial charge in [-0.25, -0.2) is 4.79 Å². The highest BCUT2D eigenvalue weighted by atomic mass is 16.5. The minimum atomic E-state index is -0.339. The molecule has 0 saturated carbocycles. The van der Waals surface area contributed by atoms with Gasteiger partial charge in [0.25, 0.3) is 5.91 Å². The molecule has 3 heterocycles. The van der Waals surface area contributed by atoms with Crippen LogP contribution in [0.25, 0.3) is 11.0 Å². The Morgan fingerprint density at radius 1 is 1.12 bits per heavy atom. The second kappa shape index (κ2) is 8.64. The number of benzene rings is 1. The van der Waals surface area contributed by atoms with Crippen molar-refractivity contribution in [3.8, 4) is 11.5 Å². The molecule has 2 aliphatic heterocycles. The molecular weight excluding hydrogens is 438 g/mol. The number of nitrogens with zero attached hydrogens (tertiary/aromatic N) is 1. The summed E-state index contributed by atoms with van der Waals surface area (Å²) in [4.78, 5) is 39.1. The van der Waals surface area contributed by atoms with Crippen molar-refractivity contribution in [2.45, 2.75) is 64.4 Å². The van der Waals surface area contributed by atoms with Gasteiger partial charge in [0.2, 0.25) is 0 Å². The molecule has 8 heteroatoms. The lowest BCUT2D eigenvalue weighted by atomic mass is 9.91. The zero-order valence-electron chi connectivity index (χ0n) is 20.0. The monoisotopic (exact) mass is 469 g/mol. The topological polar surface area (TPSA) is 95.3 Å². The SMILES string of the molecule is COC(=O)C1CCN(C(=O)COc2cc3c(c4oc(=O)c5c(c24)CCC5)CCC(C)(C)O3)CC1. The number of carbonyl (C=O) groups is 2. The van der Waals surface area contributed by atoms with Crippen molar-refractivity contribution in [1.29, 1.82) is 0 Å². The third-order valence-electron chi connectivity index (χ3n) is 7.36. The van der Waals surface area contributed by atoms with E-state index in [2.05, 4.69) is 0 Å². The summed E-state index contributed by atoms with van der Waals surface area (Å²) in [6, 6.07) is 1.86. The van der Waals surface area contributed by atoms with E-state index in [9.17, 15) is 14.4 Å². The van der Waals surface area contributed by atoms with Gasteiger partial charge in [0.15, 0.2) is 6.61 Å². The van der Waals surface area contributed by atoms with Crippen molar-refractivity contribution >= 4 is 22.8 Å². The van der Waals surface area contributed by atoms with Gasteiger partial charge in [0.05, 0.1) is 18.4 Å². The van der Waals surface area contributed by atoms with Gasteiger partial charge in [-0.3, -0.25) is 9.59 Å². The first-order chi connectivity index (χ1) is 16.3. The first kappa shape index (κ1) is 22.7. The second-order valence-electron chi connectivity index (χ2n) is 10.1. The molecule has 182 valence electrons. The van der Waals surface area contributed by atoms with Crippen LogP contribution in [0.2, 0.25) is 0 Å². The molecular formula is C26H31NO7. The summed E-state index contributed by atoms with van der Waals surface area (Å²) in [7, 11) is 1.39. The Balaban J connectivity index is 1.43. The highest BCUT2D eigenvalue weighted by Gasteiger charge is 2.33. The first-order valence-corrected chi connectivity index (χ1v) is 12.1. The van der Waals surface area contributed by atoms with E-state index in [0.717, 1.165) is 42.2 Å². The van der Waals surface area contributed by atoms with Gasteiger partial charge in [-0.05, 0) is 64.4 Å². The van der Waals surface area contributed by atoms with Crippen LogP contribution in [0.5, 0.6) is 11.5 Å². The highest BCUT2D eigenvalue weighted by Crippen LogP contribution is 2.44. The van der Waals surface area contributed by atoms with Crippen LogP contribution in [-0.4, -0.2) is 49.2 Å². The lowest BCUT2D eigenvalue weighted by Gasteiger charge is -2.33. The summed E-state index contributed by atoms with van der Waals surface area (Å²) >= 11 is 0. The Kier molecular flexibility index (Phi) is 5.78. The molecule has 0 bridgehead atoms. The summed E-state index contributed by atoms with van der Waals surface area (Å²) in [6.07, 6.45) is 5.11. The van der Waals surface area contributed by atoms with Crippen molar-refractivity contribution in [1.82, 2.24) is 4.90 Å². The van der Waals surface area contributed by atoms with Crippen molar-refractivity contribution < 1.29 is 28.2 Å². The van der Waals surface area contributed by atoms with E-state index in [1.165, 1.54) is 7.11 Å². The van der Waals surface area contributed by atoms with Gasteiger partial charge in [0.1, 0.15) is 22.7 Å². The van der Waals surface area contributed by atoms with Gasteiger partial charge in [-0.2, -0.15) is 0 Å². The Hall–Kier alpha value is -3.03. The fourth-order valence-corrected chi connectivity index (χ4v) is 5.43. The molecule has 0 atom stereocenters. The minimum Gasteiger partial charge on any atom is -0.487 e. The standard InChI is InChI=1S/C26H31NO7/c1-26(2)10-7-18-19(34-26)13-20(22-16-5-4-6-17(16)25(30)33-23(18)22)32-14-21(28)27-11-8-15(9-12-27)24(29)31-3/h13,15H,4-12,14H2,1-3H3. The van der Waals surface area contributed by atoms with Gasteiger partial charge in [-0.1, -0.05) is 0 Å². The number of piperidine rings is 1. The van der Waals surface area contributed by atoms with E-state index >= 15 is 0 Å². The molecule has 34 heavy (non-hydrogen) atoms. The van der Waals surface area contributed by atoms with Crippen LogP contribution >= 0.6 is 0 Å². The number of likely N-dealkylation sites (tertiary alicyclic amines) is 1. The predicted octanol–water partition coefficient (Wildman–Crippen LogP) is 3.18. The van der Waals surface area contributed by atoms with Crippen LogP contribution in [0.15, 0.2) is 15.3 Å². The van der Waals surface area contributed by atoms with E-state index in [0.29, 0.717) is 55.0 Å². The molecule has 1 aliphatic carbocycles. The zero-order chi connectivity index (χ0) is 24.0. The number of aryl methyl sites for hydroxylation is 2. The molecule has 1 aromatic carbocycles. The maximum absolute atomic E-state index is 12.9. The average Bonchev–Trinajstić information content (AvgIpc) is 3.31. The van der Waals surface area contributed by atoms with Crippen molar-refractivity contribution in [3.63, 3.8) is 0 Å². The Labute approximate surface area is 198 Å². The largest absolute Gasteiger partial charge is 0.487 e. The number of amides is 1. The number of esters is 1. The van der Waals surface area contributed by atoms with E-state index in [4.69, 9.17) is 18.6 Å². The average molecular weight is 470 g/mol. The van der Waals surface area contributed by atoms with Crippen LogP contribution in [0.3, 0.4) is 0 Å². The van der Waals surface area contributed by atoms with Crippen LogP contribution in [0.1, 0.15) is 56.2 Å². The lowest BCUT2D eigenvalue weighted by Crippen LogP contribution is -2.42. The van der Waals surface area contributed by atoms with Crippen LogP contribution < -0.4 is 15.1 Å². The molecule has 1 aromatic heterocycles. The quantitative estimate of drug-likeness (QED) is 0.501. The Morgan fingerprint density at radius 3 is 2.59 bits per heavy atom. The van der Waals surface area contributed by atoms with Gasteiger partial charge < -0.3 is 23.5 Å². The number of fused-ring (bicyclic) bond motifs is 5. The number of rotatable bonds is 4. The number of carbonyl (C=O) groups excluding carboxylic acids is 2. The molecule has 5 rings (SSSR count). The molecule has 0 unspecified atom stereocenters. The van der Waals surface area contributed by atoms with E-state index < -0.39 is 0 Å². The molecule has 1 saturated heterocycles. The molecule has 0 N–H and O–H groups in total. The summed E-state index contributed by atoms with van der Waals surface area (Å²) in [5, 5.41) is 0.798. The lowest BCUT2D eigenvalue weighted by molar-refractivity contribution is -0.149. The normalized spacial score (nSPS) is 19.3. The van der Waals surface area contributed by atoms with Crippen LogP contribution in [0, 0.1) is 5.92 Å². The van der Waals surface area contributed by atoms with E-state index in [1.807, 2.05) is 19.9 Å². The minimum absolute atomic E-state index is 0.131. The number of ether oxygens (including phenoxy) is 3. The fraction of sp³-hybridized carbons (Fsp3) is 0.577. The maximum Gasteiger partial charge on any atom is 0.339 e. The van der Waals surface area contributed by atoms with Gasteiger partial charge in [0, 0.05) is 30.3 Å². The number of methoxy groups -OCH3 is 1. The molecule has 0 radical (unpaired) electrons. The Bertz CT molecular complexity index is 1200. The predicted molar refractivity (Wildman–Crippen MR) is 124 cm³/mol. The summed E-state index contributed by atoms with van der Waals surface area (Å²) < 4.78 is 23.0. The molecule has 8 nitrogen and oxygen atoms in total. The van der Waals surface area contributed by atoms with Gasteiger partial charge >= 0.3 is 11.6 Å². The number of hydrogen-bond donors (Lipinski definition) is 0. The summed E-state index contributed by atoms with van der Waals surface area (Å²) in [5.41, 5.74) is 2.48. The summed E-state index contributed by atoms with van der Waals surface area (Å²) in [6.45, 7) is 4.92. The molecule has 1 amide bonds. The summed E-state index contributed by atoms with van der Waals surface area (Å²) in [5.74, 6) is 0.648. The smallest absolute Gasteiger partial charge is 0.339 e. The van der Waals surface area contributed by atoms with Gasteiger partial charge in [-0.15, -0.1) is 0 Å². The third kappa shape index (κ3) is 4.03. The molecule has 2 aromatic rings. The highest BCUT2D eigenvalue weighted by molar-refractivity contribution is 5.93. The zero-order valence-corrected chi connectivity index (χ0v) is 20.0. The second-order valence-corrected chi connectivity index (χ2v) is 10.1. The Morgan fingerprint density at radius 2 is 1.85 bits per heavy atom. The van der Waals surface area contributed by atoms with Crippen molar-refractivity contribution in [3.05, 3.63) is 33.2 Å². The third-order valence-corrected chi connectivity index (χ3v) is 7.36. The first-order valence-electron chi connectivity index (χ1n) is 12.1. The van der Waals surface area contributed by atoms with E-state index in [1.54, 1.807) is 4.90 Å². The van der Waals surface area contributed by atoms with Crippen LogP contribution in [0.4, 0.5) is 0 Å². The molecule has 3 aliphatic rings. The van der Waals surface area contributed by atoms with Crippen molar-refractivity contribution in [2.75, 3.05) is 26.8 Å². The molecule has 0 spiro atoms. The van der Waals surface area contributed by atoms with E-state index in [-0.39, 0.29) is 35.6 Å². The maximum atomic E-state index is 12.9. The van der Waals surface area contributed by atoms with Crippen LogP contribution in [-0.2, 0) is 33.6 Å².